The summed E-state index contributed by atoms with van der Waals surface area (Å²) in [6, 6.07) is 11.6. The number of nitrogens with one attached hydrogen (secondary N) is 1. The first-order valence-electron chi connectivity index (χ1n) is 8.72. The molecule has 0 spiro atoms. The van der Waals surface area contributed by atoms with Crippen LogP contribution in [-0.4, -0.2) is 25.5 Å². The van der Waals surface area contributed by atoms with Crippen molar-refractivity contribution in [3.8, 4) is 5.75 Å². The Labute approximate surface area is 154 Å². The number of nitrogens with zero attached hydrogens (tertiary/aromatic N) is 1. The van der Waals surface area contributed by atoms with Gasteiger partial charge in [0.15, 0.2) is 0 Å². The SMILES string of the molecule is COc1ccc(C)cc1NC(=O)[C@@H]1CC(=O)N(c2ccc(C)c(C)c2)C1. The average Bonchev–Trinajstić information content (AvgIpc) is 2.99. The summed E-state index contributed by atoms with van der Waals surface area (Å²) in [7, 11) is 1.57. The zero-order chi connectivity index (χ0) is 18.8. The molecule has 26 heavy (non-hydrogen) atoms. The van der Waals surface area contributed by atoms with Crippen LogP contribution < -0.4 is 15.0 Å². The van der Waals surface area contributed by atoms with Gasteiger partial charge in [-0.2, -0.15) is 0 Å². The van der Waals surface area contributed by atoms with E-state index >= 15 is 0 Å². The Morgan fingerprint density at radius 1 is 1.12 bits per heavy atom. The highest BCUT2D eigenvalue weighted by Crippen LogP contribution is 2.30. The average molecular weight is 352 g/mol. The molecular weight excluding hydrogens is 328 g/mol. The summed E-state index contributed by atoms with van der Waals surface area (Å²) in [6.07, 6.45) is 0.215. The van der Waals surface area contributed by atoms with E-state index < -0.39 is 0 Å². The fraction of sp³-hybridized carbons (Fsp3) is 0.333. The van der Waals surface area contributed by atoms with Crippen molar-refractivity contribution in [1.82, 2.24) is 0 Å². The van der Waals surface area contributed by atoms with Gasteiger partial charge in [-0.3, -0.25) is 9.59 Å². The fourth-order valence-corrected chi connectivity index (χ4v) is 3.18. The molecule has 2 aromatic carbocycles. The van der Waals surface area contributed by atoms with Crippen molar-refractivity contribution in [3.63, 3.8) is 0 Å². The molecule has 1 atom stereocenters. The number of methoxy groups -OCH3 is 1. The quantitative estimate of drug-likeness (QED) is 0.914. The zero-order valence-corrected chi connectivity index (χ0v) is 15.6. The van der Waals surface area contributed by atoms with Gasteiger partial charge in [0, 0.05) is 18.7 Å². The number of aryl methyl sites for hydroxylation is 3. The Kier molecular flexibility index (Phi) is 4.98. The van der Waals surface area contributed by atoms with E-state index in [1.807, 2.05) is 57.2 Å². The largest absolute Gasteiger partial charge is 0.495 e. The third-order valence-corrected chi connectivity index (χ3v) is 4.91. The van der Waals surface area contributed by atoms with Gasteiger partial charge in [-0.25, -0.2) is 0 Å². The van der Waals surface area contributed by atoms with Crippen LogP contribution in [0.3, 0.4) is 0 Å². The number of hydrogen-bond acceptors (Lipinski definition) is 3. The molecule has 0 aromatic heterocycles. The van der Waals surface area contributed by atoms with E-state index in [2.05, 4.69) is 5.32 Å². The summed E-state index contributed by atoms with van der Waals surface area (Å²) < 4.78 is 5.31. The lowest BCUT2D eigenvalue weighted by Gasteiger charge is -2.18. The van der Waals surface area contributed by atoms with Gasteiger partial charge in [-0.15, -0.1) is 0 Å². The van der Waals surface area contributed by atoms with Crippen LogP contribution in [0.1, 0.15) is 23.1 Å². The van der Waals surface area contributed by atoms with E-state index in [9.17, 15) is 9.59 Å². The predicted octanol–water partition coefficient (Wildman–Crippen LogP) is 3.61. The molecule has 0 bridgehead atoms. The van der Waals surface area contributed by atoms with Gasteiger partial charge in [0.2, 0.25) is 11.8 Å². The van der Waals surface area contributed by atoms with E-state index in [0.29, 0.717) is 18.0 Å². The maximum absolute atomic E-state index is 12.7. The molecule has 136 valence electrons. The lowest BCUT2D eigenvalue weighted by atomic mass is 10.1. The number of carbonyl (C=O) groups is 2. The Bertz CT molecular complexity index is 860. The molecule has 1 saturated heterocycles. The molecule has 5 heteroatoms. The lowest BCUT2D eigenvalue weighted by Crippen LogP contribution is -2.28. The van der Waals surface area contributed by atoms with Gasteiger partial charge in [0.25, 0.3) is 0 Å². The summed E-state index contributed by atoms with van der Waals surface area (Å²) in [5.74, 6) is 0.0480. The van der Waals surface area contributed by atoms with Crippen LogP contribution in [0.5, 0.6) is 5.75 Å². The van der Waals surface area contributed by atoms with Crippen molar-refractivity contribution < 1.29 is 14.3 Å². The maximum Gasteiger partial charge on any atom is 0.229 e. The number of rotatable bonds is 4. The smallest absolute Gasteiger partial charge is 0.229 e. The van der Waals surface area contributed by atoms with Crippen molar-refractivity contribution in [2.45, 2.75) is 27.2 Å². The van der Waals surface area contributed by atoms with Crippen LogP contribution in [0.2, 0.25) is 0 Å². The second-order valence-electron chi connectivity index (χ2n) is 6.87. The number of ether oxygens (including phenoxy) is 1. The summed E-state index contributed by atoms with van der Waals surface area (Å²) in [5.41, 5.74) is 4.82. The molecule has 1 aliphatic rings. The third kappa shape index (κ3) is 3.57. The van der Waals surface area contributed by atoms with Gasteiger partial charge < -0.3 is 15.0 Å². The van der Waals surface area contributed by atoms with E-state index in [-0.39, 0.29) is 24.2 Å². The number of benzene rings is 2. The molecular formula is C21H24N2O3. The Morgan fingerprint density at radius 3 is 2.58 bits per heavy atom. The molecule has 1 aliphatic heterocycles. The monoisotopic (exact) mass is 352 g/mol. The summed E-state index contributed by atoms with van der Waals surface area (Å²) in [5, 5.41) is 2.91. The Hall–Kier alpha value is -2.82. The van der Waals surface area contributed by atoms with Gasteiger partial charge >= 0.3 is 0 Å². The predicted molar refractivity (Wildman–Crippen MR) is 103 cm³/mol. The van der Waals surface area contributed by atoms with Crippen molar-refractivity contribution in [2.24, 2.45) is 5.92 Å². The van der Waals surface area contributed by atoms with E-state index in [1.54, 1.807) is 12.0 Å². The van der Waals surface area contributed by atoms with Crippen LogP contribution in [0.15, 0.2) is 36.4 Å². The minimum Gasteiger partial charge on any atom is -0.495 e. The highest BCUT2D eigenvalue weighted by atomic mass is 16.5. The van der Waals surface area contributed by atoms with Crippen molar-refractivity contribution >= 4 is 23.2 Å². The number of hydrogen-bond donors (Lipinski definition) is 1. The first-order chi connectivity index (χ1) is 12.4. The maximum atomic E-state index is 12.7. The van der Waals surface area contributed by atoms with Crippen molar-refractivity contribution in [2.75, 3.05) is 23.9 Å². The summed E-state index contributed by atoms with van der Waals surface area (Å²) >= 11 is 0. The second-order valence-corrected chi connectivity index (χ2v) is 6.87. The summed E-state index contributed by atoms with van der Waals surface area (Å²) in [6.45, 7) is 6.40. The second kappa shape index (κ2) is 7.20. The minimum absolute atomic E-state index is 0.0235. The molecule has 0 aliphatic carbocycles. The minimum atomic E-state index is -0.380. The van der Waals surface area contributed by atoms with Gasteiger partial charge in [0.05, 0.1) is 18.7 Å². The van der Waals surface area contributed by atoms with Crippen LogP contribution in [0.25, 0.3) is 0 Å². The normalized spacial score (nSPS) is 16.7. The fourth-order valence-electron chi connectivity index (χ4n) is 3.18. The molecule has 1 N–H and O–H groups in total. The lowest BCUT2D eigenvalue weighted by molar-refractivity contribution is -0.122. The molecule has 1 heterocycles. The number of anilines is 2. The van der Waals surface area contributed by atoms with E-state index in [1.165, 1.54) is 5.56 Å². The molecule has 0 saturated carbocycles. The van der Waals surface area contributed by atoms with Crippen LogP contribution >= 0.6 is 0 Å². The molecule has 0 unspecified atom stereocenters. The standard InChI is InChI=1S/C21H24N2O3/c1-13-5-8-19(26-4)18(9-13)22-21(25)16-11-20(24)23(12-16)17-7-6-14(2)15(3)10-17/h5-10,16H,11-12H2,1-4H3,(H,22,25)/t16-/m1/s1. The topological polar surface area (TPSA) is 58.6 Å². The van der Waals surface area contributed by atoms with E-state index in [0.717, 1.165) is 16.8 Å². The highest BCUT2D eigenvalue weighted by Gasteiger charge is 2.35. The van der Waals surface area contributed by atoms with Gasteiger partial charge in [0.1, 0.15) is 5.75 Å². The summed E-state index contributed by atoms with van der Waals surface area (Å²) in [4.78, 5) is 26.8. The third-order valence-electron chi connectivity index (χ3n) is 4.91. The molecule has 0 radical (unpaired) electrons. The van der Waals surface area contributed by atoms with Crippen molar-refractivity contribution in [3.05, 3.63) is 53.1 Å². The van der Waals surface area contributed by atoms with Gasteiger partial charge in [-0.1, -0.05) is 12.1 Å². The highest BCUT2D eigenvalue weighted by molar-refractivity contribution is 6.04. The number of amides is 2. The molecule has 1 fully saturated rings. The molecule has 2 amide bonds. The molecule has 3 rings (SSSR count). The van der Waals surface area contributed by atoms with E-state index in [4.69, 9.17) is 4.74 Å². The first kappa shape index (κ1) is 18.0. The number of carbonyl (C=O) groups excluding carboxylic acids is 2. The zero-order valence-electron chi connectivity index (χ0n) is 15.6. The Balaban J connectivity index is 1.75. The molecule has 2 aromatic rings. The van der Waals surface area contributed by atoms with Crippen molar-refractivity contribution in [1.29, 1.82) is 0 Å². The molecule has 5 nitrogen and oxygen atoms in total. The first-order valence-corrected chi connectivity index (χ1v) is 8.72. The van der Waals surface area contributed by atoms with Crippen LogP contribution in [-0.2, 0) is 9.59 Å². The van der Waals surface area contributed by atoms with Gasteiger partial charge in [-0.05, 0) is 61.7 Å². The van der Waals surface area contributed by atoms with Crippen LogP contribution in [0.4, 0.5) is 11.4 Å². The Morgan fingerprint density at radius 2 is 1.88 bits per heavy atom. The van der Waals surface area contributed by atoms with Crippen LogP contribution in [0, 0.1) is 26.7 Å².